The number of aliphatic hydroxyl groups is 2. The molecule has 1 saturated carbocycles. The third kappa shape index (κ3) is 3.34. The number of rotatable bonds is 3. The second kappa shape index (κ2) is 4.04. The topological polar surface area (TPSA) is 107 Å². The number of hydrogen-bond donors (Lipinski definition) is 4. The van der Waals surface area contributed by atoms with E-state index in [4.69, 9.17) is 14.9 Å². The van der Waals surface area contributed by atoms with Gasteiger partial charge < -0.3 is 20.0 Å². The zero-order chi connectivity index (χ0) is 10.1. The third-order valence-electron chi connectivity index (χ3n) is 2.17. The van der Waals surface area contributed by atoms with Gasteiger partial charge in [0.25, 0.3) is 0 Å². The smallest absolute Gasteiger partial charge is 0.390 e. The molecule has 1 fully saturated rings. The van der Waals surface area contributed by atoms with Crippen LogP contribution in [0.3, 0.4) is 0 Å². The highest BCUT2D eigenvalue weighted by atomic mass is 31.2. The van der Waals surface area contributed by atoms with E-state index in [0.717, 1.165) is 0 Å². The monoisotopic (exact) mass is 212 g/mol. The lowest BCUT2D eigenvalue weighted by Gasteiger charge is -2.16. The first-order chi connectivity index (χ1) is 5.90. The van der Waals surface area contributed by atoms with Crippen LogP contribution in [0.15, 0.2) is 0 Å². The van der Waals surface area contributed by atoms with E-state index in [-0.39, 0.29) is 12.5 Å². The molecule has 1 rings (SSSR count). The first-order valence-corrected chi connectivity index (χ1v) is 5.49. The molecule has 0 aliphatic heterocycles. The summed E-state index contributed by atoms with van der Waals surface area (Å²) in [5.41, 5.74) is 0. The Morgan fingerprint density at radius 2 is 1.92 bits per heavy atom. The van der Waals surface area contributed by atoms with Gasteiger partial charge in [-0.1, -0.05) is 0 Å². The maximum atomic E-state index is 10.3. The van der Waals surface area contributed by atoms with Gasteiger partial charge in [0.15, 0.2) is 0 Å². The molecule has 0 spiro atoms. The molecule has 1 aliphatic carbocycles. The lowest BCUT2D eigenvalue weighted by Crippen LogP contribution is -2.27. The SMILES string of the molecule is O=P(O)(O)OCC1CCC(O)C1O. The van der Waals surface area contributed by atoms with Crippen LogP contribution >= 0.6 is 7.82 Å². The van der Waals surface area contributed by atoms with Crippen LogP contribution in [0.25, 0.3) is 0 Å². The van der Waals surface area contributed by atoms with Gasteiger partial charge in [-0.3, -0.25) is 4.52 Å². The highest BCUT2D eigenvalue weighted by molar-refractivity contribution is 7.46. The number of hydrogen-bond acceptors (Lipinski definition) is 4. The molecule has 0 amide bonds. The van der Waals surface area contributed by atoms with E-state index in [0.29, 0.717) is 12.8 Å². The molecule has 0 radical (unpaired) electrons. The number of aliphatic hydroxyl groups excluding tert-OH is 2. The van der Waals surface area contributed by atoms with Crippen molar-refractivity contribution in [2.24, 2.45) is 5.92 Å². The molecule has 0 saturated heterocycles. The van der Waals surface area contributed by atoms with Crippen molar-refractivity contribution in [3.8, 4) is 0 Å². The Labute approximate surface area is 75.4 Å². The van der Waals surface area contributed by atoms with Crippen LogP contribution in [0, 0.1) is 5.92 Å². The summed E-state index contributed by atoms with van der Waals surface area (Å²) in [6, 6.07) is 0. The standard InChI is InChI=1S/C6H13O6P/c7-5-2-1-4(6(5)8)3-12-13(9,10)11/h4-8H,1-3H2,(H2,9,10,11). The molecule has 6 nitrogen and oxygen atoms in total. The maximum Gasteiger partial charge on any atom is 0.469 e. The molecule has 3 atom stereocenters. The Morgan fingerprint density at radius 1 is 1.31 bits per heavy atom. The zero-order valence-electron chi connectivity index (χ0n) is 6.91. The van der Waals surface area contributed by atoms with Crippen molar-refractivity contribution in [1.82, 2.24) is 0 Å². The van der Waals surface area contributed by atoms with Gasteiger partial charge in [-0.2, -0.15) is 0 Å². The van der Waals surface area contributed by atoms with Gasteiger partial charge in [0, 0.05) is 5.92 Å². The predicted octanol–water partition coefficient (Wildman–Crippen LogP) is -0.773. The predicted molar refractivity (Wildman–Crippen MR) is 42.7 cm³/mol. The first-order valence-electron chi connectivity index (χ1n) is 3.96. The van der Waals surface area contributed by atoms with Gasteiger partial charge in [0.2, 0.25) is 0 Å². The van der Waals surface area contributed by atoms with Crippen LogP contribution in [0.2, 0.25) is 0 Å². The Bertz CT molecular complexity index is 213. The molecule has 13 heavy (non-hydrogen) atoms. The van der Waals surface area contributed by atoms with Crippen molar-refractivity contribution in [2.75, 3.05) is 6.61 Å². The van der Waals surface area contributed by atoms with E-state index >= 15 is 0 Å². The second-order valence-electron chi connectivity index (χ2n) is 3.18. The molecule has 3 unspecified atom stereocenters. The zero-order valence-corrected chi connectivity index (χ0v) is 7.80. The Balaban J connectivity index is 2.35. The van der Waals surface area contributed by atoms with Gasteiger partial charge in [-0.25, -0.2) is 4.57 Å². The second-order valence-corrected chi connectivity index (χ2v) is 4.42. The van der Waals surface area contributed by atoms with Crippen molar-refractivity contribution in [1.29, 1.82) is 0 Å². The summed E-state index contributed by atoms with van der Waals surface area (Å²) in [5, 5.41) is 18.4. The fourth-order valence-electron chi connectivity index (χ4n) is 1.42. The van der Waals surface area contributed by atoms with Crippen LogP contribution < -0.4 is 0 Å². The molecule has 0 aromatic carbocycles. The quantitative estimate of drug-likeness (QED) is 0.457. The lowest BCUT2D eigenvalue weighted by molar-refractivity contribution is 0.00657. The Kier molecular flexibility index (Phi) is 3.45. The van der Waals surface area contributed by atoms with Crippen molar-refractivity contribution in [3.63, 3.8) is 0 Å². The van der Waals surface area contributed by atoms with Crippen LogP contribution in [0.5, 0.6) is 0 Å². The number of phosphoric ester groups is 1. The molecule has 0 heterocycles. The van der Waals surface area contributed by atoms with E-state index < -0.39 is 20.0 Å². The van der Waals surface area contributed by atoms with Crippen LogP contribution in [0.4, 0.5) is 0 Å². The molecular formula is C6H13O6P. The Morgan fingerprint density at radius 3 is 2.31 bits per heavy atom. The van der Waals surface area contributed by atoms with Gasteiger partial charge in [-0.05, 0) is 12.8 Å². The molecule has 0 aromatic rings. The molecule has 1 aliphatic rings. The average Bonchev–Trinajstić information content (AvgIpc) is 2.29. The van der Waals surface area contributed by atoms with E-state index in [9.17, 15) is 9.67 Å². The summed E-state index contributed by atoms with van der Waals surface area (Å²) < 4.78 is 14.5. The minimum Gasteiger partial charge on any atom is -0.390 e. The van der Waals surface area contributed by atoms with Crippen molar-refractivity contribution in [2.45, 2.75) is 25.0 Å². The largest absolute Gasteiger partial charge is 0.469 e. The minimum absolute atomic E-state index is 0.220. The fraction of sp³-hybridized carbons (Fsp3) is 1.00. The van der Waals surface area contributed by atoms with Crippen molar-refractivity contribution in [3.05, 3.63) is 0 Å². The molecule has 78 valence electrons. The molecule has 0 aromatic heterocycles. The van der Waals surface area contributed by atoms with E-state index in [2.05, 4.69) is 4.52 Å². The molecular weight excluding hydrogens is 199 g/mol. The highest BCUT2D eigenvalue weighted by Crippen LogP contribution is 2.38. The average molecular weight is 212 g/mol. The summed E-state index contributed by atoms with van der Waals surface area (Å²) in [5.74, 6) is -0.386. The van der Waals surface area contributed by atoms with E-state index in [1.54, 1.807) is 0 Å². The van der Waals surface area contributed by atoms with Crippen LogP contribution in [0.1, 0.15) is 12.8 Å². The molecule has 7 heteroatoms. The summed E-state index contributed by atoms with van der Waals surface area (Å²) in [6.07, 6.45) is -0.782. The maximum absolute atomic E-state index is 10.3. The van der Waals surface area contributed by atoms with Crippen molar-refractivity contribution < 1.29 is 29.1 Å². The normalized spacial score (nSPS) is 35.2. The van der Waals surface area contributed by atoms with Crippen LogP contribution in [-0.2, 0) is 9.09 Å². The van der Waals surface area contributed by atoms with Gasteiger partial charge in [0.05, 0.1) is 18.8 Å². The summed E-state index contributed by atoms with van der Waals surface area (Å²) >= 11 is 0. The third-order valence-corrected chi connectivity index (χ3v) is 2.65. The van der Waals surface area contributed by atoms with Crippen LogP contribution in [-0.4, -0.2) is 38.8 Å². The minimum atomic E-state index is -4.46. The highest BCUT2D eigenvalue weighted by Gasteiger charge is 2.34. The van der Waals surface area contributed by atoms with E-state index in [1.807, 2.05) is 0 Å². The molecule has 4 N–H and O–H groups in total. The van der Waals surface area contributed by atoms with Gasteiger partial charge in [-0.15, -0.1) is 0 Å². The summed E-state index contributed by atoms with van der Waals surface area (Å²) in [6.45, 7) is -0.220. The van der Waals surface area contributed by atoms with Gasteiger partial charge in [0.1, 0.15) is 0 Å². The van der Waals surface area contributed by atoms with E-state index in [1.165, 1.54) is 0 Å². The Hall–Kier alpha value is 0.0300. The first kappa shape index (κ1) is 11.1. The van der Waals surface area contributed by atoms with Gasteiger partial charge >= 0.3 is 7.82 Å². The lowest BCUT2D eigenvalue weighted by atomic mass is 10.1. The summed E-state index contributed by atoms with van der Waals surface area (Å²) in [7, 11) is -4.46. The molecule has 0 bridgehead atoms. The summed E-state index contributed by atoms with van der Waals surface area (Å²) in [4.78, 5) is 16.7. The number of phosphoric acid groups is 1. The fourth-order valence-corrected chi connectivity index (χ4v) is 1.80. The van der Waals surface area contributed by atoms with Crippen molar-refractivity contribution >= 4 is 7.82 Å².